The van der Waals surface area contributed by atoms with E-state index < -0.39 is 0 Å². The number of likely N-dealkylation sites (N-methyl/N-ethyl adjacent to an activating group) is 1. The SMILES string of the molecule is CCNC(=NCc1ccc(C)cc1OCCOCC)NCCN(CC)CC. The summed E-state index contributed by atoms with van der Waals surface area (Å²) in [7, 11) is 0. The van der Waals surface area contributed by atoms with Gasteiger partial charge in [-0.25, -0.2) is 4.99 Å². The molecular weight excluding hydrogens is 340 g/mol. The van der Waals surface area contributed by atoms with E-state index in [9.17, 15) is 0 Å². The molecule has 1 aromatic rings. The monoisotopic (exact) mass is 378 g/mol. The highest BCUT2D eigenvalue weighted by molar-refractivity contribution is 5.79. The topological polar surface area (TPSA) is 58.1 Å². The quantitative estimate of drug-likeness (QED) is 0.314. The number of ether oxygens (including phenoxy) is 2. The number of nitrogens with zero attached hydrogens (tertiary/aromatic N) is 2. The highest BCUT2D eigenvalue weighted by atomic mass is 16.5. The van der Waals surface area contributed by atoms with Gasteiger partial charge in [-0.1, -0.05) is 26.0 Å². The fourth-order valence-electron chi connectivity index (χ4n) is 2.66. The Bertz CT molecular complexity index is 545. The summed E-state index contributed by atoms with van der Waals surface area (Å²) in [5.74, 6) is 1.72. The molecule has 27 heavy (non-hydrogen) atoms. The molecule has 0 aromatic heterocycles. The van der Waals surface area contributed by atoms with Crippen LogP contribution in [0.5, 0.6) is 5.75 Å². The number of aryl methyl sites for hydroxylation is 1. The Hall–Kier alpha value is -1.79. The van der Waals surface area contributed by atoms with E-state index in [1.165, 1.54) is 5.56 Å². The van der Waals surface area contributed by atoms with Crippen molar-refractivity contribution in [3.05, 3.63) is 29.3 Å². The normalized spacial score (nSPS) is 11.7. The molecule has 0 bridgehead atoms. The summed E-state index contributed by atoms with van der Waals surface area (Å²) in [6, 6.07) is 6.26. The van der Waals surface area contributed by atoms with Gasteiger partial charge in [0.1, 0.15) is 12.4 Å². The smallest absolute Gasteiger partial charge is 0.191 e. The average molecular weight is 379 g/mol. The summed E-state index contributed by atoms with van der Waals surface area (Å²) in [6.45, 7) is 17.8. The van der Waals surface area contributed by atoms with Crippen molar-refractivity contribution in [2.24, 2.45) is 4.99 Å². The van der Waals surface area contributed by atoms with Crippen molar-refractivity contribution in [2.45, 2.75) is 41.2 Å². The lowest BCUT2D eigenvalue weighted by Gasteiger charge is -2.19. The van der Waals surface area contributed by atoms with Crippen LogP contribution >= 0.6 is 0 Å². The molecule has 0 saturated carbocycles. The Morgan fingerprint density at radius 1 is 1.07 bits per heavy atom. The molecule has 1 rings (SSSR count). The van der Waals surface area contributed by atoms with E-state index in [4.69, 9.17) is 14.5 Å². The highest BCUT2D eigenvalue weighted by Crippen LogP contribution is 2.21. The van der Waals surface area contributed by atoms with Crippen LogP contribution in [0, 0.1) is 6.92 Å². The van der Waals surface area contributed by atoms with Crippen LogP contribution in [0.1, 0.15) is 38.8 Å². The standard InChI is InChI=1S/C21H38N4O2/c1-6-22-21(23-12-13-25(7-2)8-3)24-17-19-11-10-18(5)16-20(19)27-15-14-26-9-4/h10-11,16H,6-9,12-15,17H2,1-5H3,(H2,22,23,24). The lowest BCUT2D eigenvalue weighted by Crippen LogP contribution is -2.41. The van der Waals surface area contributed by atoms with E-state index >= 15 is 0 Å². The molecule has 1 aromatic carbocycles. The summed E-state index contributed by atoms with van der Waals surface area (Å²) in [4.78, 5) is 7.12. The Balaban J connectivity index is 2.68. The Labute approximate surface area is 165 Å². The van der Waals surface area contributed by atoms with Gasteiger partial charge < -0.3 is 25.0 Å². The van der Waals surface area contributed by atoms with Crippen molar-refractivity contribution < 1.29 is 9.47 Å². The summed E-state index contributed by atoms with van der Waals surface area (Å²) in [5.41, 5.74) is 2.26. The van der Waals surface area contributed by atoms with E-state index in [0.29, 0.717) is 26.4 Å². The van der Waals surface area contributed by atoms with Gasteiger partial charge >= 0.3 is 0 Å². The minimum absolute atomic E-state index is 0.552. The van der Waals surface area contributed by atoms with Crippen LogP contribution in [-0.2, 0) is 11.3 Å². The first-order valence-electron chi connectivity index (χ1n) is 10.2. The van der Waals surface area contributed by atoms with Gasteiger partial charge in [0.15, 0.2) is 5.96 Å². The molecule has 154 valence electrons. The average Bonchev–Trinajstić information content (AvgIpc) is 2.67. The van der Waals surface area contributed by atoms with Crippen molar-refractivity contribution in [2.75, 3.05) is 52.5 Å². The van der Waals surface area contributed by atoms with Gasteiger partial charge in [-0.3, -0.25) is 0 Å². The third-order valence-corrected chi connectivity index (χ3v) is 4.28. The van der Waals surface area contributed by atoms with E-state index in [0.717, 1.165) is 50.0 Å². The van der Waals surface area contributed by atoms with Gasteiger partial charge in [0.2, 0.25) is 0 Å². The predicted molar refractivity (Wildman–Crippen MR) is 114 cm³/mol. The third-order valence-electron chi connectivity index (χ3n) is 4.28. The molecule has 0 aliphatic carbocycles. The van der Waals surface area contributed by atoms with Crippen molar-refractivity contribution in [3.63, 3.8) is 0 Å². The van der Waals surface area contributed by atoms with E-state index in [1.807, 2.05) is 6.92 Å². The van der Waals surface area contributed by atoms with Gasteiger partial charge in [-0.05, 0) is 45.5 Å². The first kappa shape index (κ1) is 23.2. The number of rotatable bonds is 13. The van der Waals surface area contributed by atoms with Crippen LogP contribution in [0.4, 0.5) is 0 Å². The van der Waals surface area contributed by atoms with Crippen LogP contribution in [0.15, 0.2) is 23.2 Å². The highest BCUT2D eigenvalue weighted by Gasteiger charge is 2.06. The van der Waals surface area contributed by atoms with E-state index in [2.05, 4.69) is 61.4 Å². The van der Waals surface area contributed by atoms with Gasteiger partial charge in [-0.15, -0.1) is 0 Å². The molecule has 0 aliphatic heterocycles. The van der Waals surface area contributed by atoms with Crippen LogP contribution in [0.2, 0.25) is 0 Å². The van der Waals surface area contributed by atoms with Crippen molar-refractivity contribution >= 4 is 5.96 Å². The van der Waals surface area contributed by atoms with Crippen molar-refractivity contribution in [1.29, 1.82) is 0 Å². The largest absolute Gasteiger partial charge is 0.491 e. The third kappa shape index (κ3) is 9.63. The van der Waals surface area contributed by atoms with Gasteiger partial charge in [-0.2, -0.15) is 0 Å². The molecule has 6 nitrogen and oxygen atoms in total. The molecule has 0 saturated heterocycles. The van der Waals surface area contributed by atoms with E-state index in [1.54, 1.807) is 0 Å². The van der Waals surface area contributed by atoms with Crippen molar-refractivity contribution in [1.82, 2.24) is 15.5 Å². The first-order chi connectivity index (χ1) is 13.1. The number of hydrogen-bond acceptors (Lipinski definition) is 4. The minimum Gasteiger partial charge on any atom is -0.491 e. The zero-order chi connectivity index (χ0) is 19.9. The number of benzene rings is 1. The van der Waals surface area contributed by atoms with Gasteiger partial charge in [0.05, 0.1) is 13.2 Å². The summed E-state index contributed by atoms with van der Waals surface area (Å²) >= 11 is 0. The summed E-state index contributed by atoms with van der Waals surface area (Å²) < 4.78 is 11.3. The van der Waals surface area contributed by atoms with Crippen LogP contribution < -0.4 is 15.4 Å². The Morgan fingerprint density at radius 2 is 1.85 bits per heavy atom. The maximum Gasteiger partial charge on any atom is 0.191 e. The lowest BCUT2D eigenvalue weighted by molar-refractivity contribution is 0.110. The number of nitrogens with one attached hydrogen (secondary N) is 2. The second kappa shape index (κ2) is 14.3. The Kier molecular flexibility index (Phi) is 12.3. The molecule has 0 aliphatic rings. The fourth-order valence-corrected chi connectivity index (χ4v) is 2.66. The molecule has 0 fully saturated rings. The predicted octanol–water partition coefficient (Wildman–Crippen LogP) is 2.81. The summed E-state index contributed by atoms with van der Waals surface area (Å²) in [5, 5.41) is 6.73. The molecule has 0 heterocycles. The second-order valence-corrected chi connectivity index (χ2v) is 6.31. The number of hydrogen-bond donors (Lipinski definition) is 2. The van der Waals surface area contributed by atoms with E-state index in [-0.39, 0.29) is 0 Å². The number of aliphatic imine (C=N–C) groups is 1. The van der Waals surface area contributed by atoms with Gasteiger partial charge in [0.25, 0.3) is 0 Å². The number of guanidine groups is 1. The van der Waals surface area contributed by atoms with Crippen molar-refractivity contribution in [3.8, 4) is 5.75 Å². The summed E-state index contributed by atoms with van der Waals surface area (Å²) in [6.07, 6.45) is 0. The molecule has 0 spiro atoms. The molecule has 0 radical (unpaired) electrons. The first-order valence-corrected chi connectivity index (χ1v) is 10.2. The van der Waals surface area contributed by atoms with Crippen LogP contribution in [-0.4, -0.2) is 63.4 Å². The second-order valence-electron chi connectivity index (χ2n) is 6.31. The molecule has 6 heteroatoms. The minimum atomic E-state index is 0.552. The maximum absolute atomic E-state index is 5.91. The Morgan fingerprint density at radius 3 is 2.52 bits per heavy atom. The molecule has 0 unspecified atom stereocenters. The molecule has 0 atom stereocenters. The molecule has 0 amide bonds. The van der Waals surface area contributed by atoms with Crippen LogP contribution in [0.25, 0.3) is 0 Å². The maximum atomic E-state index is 5.91. The molecular formula is C21H38N4O2. The zero-order valence-electron chi connectivity index (χ0n) is 17.8. The molecule has 2 N–H and O–H groups in total. The lowest BCUT2D eigenvalue weighted by atomic mass is 10.1. The fraction of sp³-hybridized carbons (Fsp3) is 0.667. The zero-order valence-corrected chi connectivity index (χ0v) is 17.8. The van der Waals surface area contributed by atoms with Gasteiger partial charge in [0, 0.05) is 31.8 Å². The van der Waals surface area contributed by atoms with Crippen LogP contribution in [0.3, 0.4) is 0 Å².